The van der Waals surface area contributed by atoms with Gasteiger partial charge in [-0.25, -0.2) is 8.78 Å². The number of halogens is 2. The van der Waals surface area contributed by atoms with Crippen molar-refractivity contribution in [1.29, 1.82) is 0 Å². The van der Waals surface area contributed by atoms with Crippen molar-refractivity contribution in [2.45, 2.75) is 17.2 Å². The molecule has 94 valence electrons. The van der Waals surface area contributed by atoms with Crippen molar-refractivity contribution in [3.8, 4) is 0 Å². The lowest BCUT2D eigenvalue weighted by Gasteiger charge is -2.04. The van der Waals surface area contributed by atoms with Gasteiger partial charge >= 0.3 is 0 Å². The van der Waals surface area contributed by atoms with Crippen LogP contribution in [0, 0.1) is 11.6 Å². The van der Waals surface area contributed by atoms with E-state index >= 15 is 0 Å². The molecule has 4 heteroatoms. The molecule has 0 aliphatic rings. The van der Waals surface area contributed by atoms with E-state index in [4.69, 9.17) is 5.73 Å². The molecule has 0 heterocycles. The van der Waals surface area contributed by atoms with Gasteiger partial charge in [0, 0.05) is 17.2 Å². The zero-order valence-electron chi connectivity index (χ0n) is 9.70. The van der Waals surface area contributed by atoms with E-state index in [1.165, 1.54) is 17.8 Å². The molecule has 0 saturated carbocycles. The smallest absolute Gasteiger partial charge is 0.159 e. The van der Waals surface area contributed by atoms with Crippen LogP contribution < -0.4 is 5.73 Å². The highest BCUT2D eigenvalue weighted by molar-refractivity contribution is 7.98. The van der Waals surface area contributed by atoms with E-state index in [-0.39, 0.29) is 0 Å². The number of rotatable bonds is 4. The zero-order chi connectivity index (χ0) is 13.0. The average molecular weight is 265 g/mol. The number of nitrogens with two attached hydrogens (primary N) is 1. The summed E-state index contributed by atoms with van der Waals surface area (Å²) in [5, 5.41) is 0. The van der Waals surface area contributed by atoms with Crippen LogP contribution in [0.2, 0.25) is 0 Å². The van der Waals surface area contributed by atoms with Crippen LogP contribution in [-0.2, 0) is 12.3 Å². The third-order valence-corrected chi connectivity index (χ3v) is 3.59. The summed E-state index contributed by atoms with van der Waals surface area (Å²) in [5.74, 6) is -0.918. The predicted octanol–water partition coefficient (Wildman–Crippen LogP) is 3.72. The first-order chi connectivity index (χ1) is 8.69. The Morgan fingerprint density at radius 1 is 0.944 bits per heavy atom. The van der Waals surface area contributed by atoms with Crippen LogP contribution in [-0.4, -0.2) is 0 Å². The number of thioether (sulfide) groups is 1. The lowest BCUT2D eigenvalue weighted by atomic mass is 10.1. The summed E-state index contributed by atoms with van der Waals surface area (Å²) >= 11 is 1.47. The molecule has 0 saturated heterocycles. The Labute approximate surface area is 109 Å². The third-order valence-electron chi connectivity index (χ3n) is 2.52. The molecule has 0 aliphatic heterocycles. The highest BCUT2D eigenvalue weighted by Crippen LogP contribution is 2.24. The minimum absolute atomic E-state index is 0.504. The molecule has 18 heavy (non-hydrogen) atoms. The van der Waals surface area contributed by atoms with Crippen molar-refractivity contribution in [2.75, 3.05) is 0 Å². The Balaban J connectivity index is 2.04. The Hall–Kier alpha value is -1.39. The van der Waals surface area contributed by atoms with E-state index in [0.717, 1.165) is 17.2 Å². The first-order valence-corrected chi connectivity index (χ1v) is 6.53. The van der Waals surface area contributed by atoms with Gasteiger partial charge in [-0.15, -0.1) is 11.8 Å². The minimum Gasteiger partial charge on any atom is -0.326 e. The molecule has 0 radical (unpaired) electrons. The molecule has 0 spiro atoms. The molecule has 0 amide bonds. The van der Waals surface area contributed by atoms with Gasteiger partial charge in [0.05, 0.1) is 0 Å². The molecule has 1 nitrogen and oxygen atoms in total. The summed E-state index contributed by atoms with van der Waals surface area (Å²) in [5.41, 5.74) is 7.75. The summed E-state index contributed by atoms with van der Waals surface area (Å²) in [6.07, 6.45) is 0. The Kier molecular flexibility index (Phi) is 4.33. The maximum atomic E-state index is 13.0. The van der Waals surface area contributed by atoms with E-state index in [2.05, 4.69) is 0 Å². The molecule has 2 aromatic carbocycles. The van der Waals surface area contributed by atoms with Gasteiger partial charge in [0.25, 0.3) is 0 Å². The van der Waals surface area contributed by atoms with Crippen LogP contribution in [0.5, 0.6) is 0 Å². The SMILES string of the molecule is NCc1cccc(CSc2ccc(F)c(F)c2)c1. The van der Waals surface area contributed by atoms with E-state index in [1.807, 2.05) is 24.3 Å². The Morgan fingerprint density at radius 2 is 1.72 bits per heavy atom. The molecule has 0 bridgehead atoms. The van der Waals surface area contributed by atoms with Gasteiger partial charge in [-0.2, -0.15) is 0 Å². The van der Waals surface area contributed by atoms with Crippen LogP contribution in [0.1, 0.15) is 11.1 Å². The van der Waals surface area contributed by atoms with Crippen molar-refractivity contribution >= 4 is 11.8 Å². The maximum Gasteiger partial charge on any atom is 0.159 e. The van der Waals surface area contributed by atoms with Gasteiger partial charge in [-0.3, -0.25) is 0 Å². The van der Waals surface area contributed by atoms with Gasteiger partial charge in [0.2, 0.25) is 0 Å². The quantitative estimate of drug-likeness (QED) is 0.853. The minimum atomic E-state index is -0.815. The van der Waals surface area contributed by atoms with Crippen LogP contribution in [0.3, 0.4) is 0 Å². The molecule has 0 unspecified atom stereocenters. The summed E-state index contributed by atoms with van der Waals surface area (Å²) < 4.78 is 25.8. The van der Waals surface area contributed by atoms with Crippen LogP contribution in [0.4, 0.5) is 8.78 Å². The normalized spacial score (nSPS) is 10.6. The summed E-state index contributed by atoms with van der Waals surface area (Å²) in [4.78, 5) is 0.715. The summed E-state index contributed by atoms with van der Waals surface area (Å²) in [6, 6.07) is 11.9. The fraction of sp³-hybridized carbons (Fsp3) is 0.143. The van der Waals surface area contributed by atoms with Crippen molar-refractivity contribution < 1.29 is 8.78 Å². The first-order valence-electron chi connectivity index (χ1n) is 5.55. The van der Waals surface area contributed by atoms with E-state index < -0.39 is 11.6 Å². The molecule has 0 aromatic heterocycles. The fourth-order valence-corrected chi connectivity index (χ4v) is 2.44. The molecule has 2 N–H and O–H groups in total. The lowest BCUT2D eigenvalue weighted by Crippen LogP contribution is -1.96. The highest BCUT2D eigenvalue weighted by atomic mass is 32.2. The predicted molar refractivity (Wildman–Crippen MR) is 70.3 cm³/mol. The number of hydrogen-bond acceptors (Lipinski definition) is 2. The standard InChI is InChI=1S/C14H13F2NS/c15-13-5-4-12(7-14(13)16)18-9-11-3-1-2-10(6-11)8-17/h1-7H,8-9,17H2. The molecule has 0 fully saturated rings. The van der Waals surface area contributed by atoms with Crippen molar-refractivity contribution in [3.05, 3.63) is 65.2 Å². The Bertz CT molecular complexity index is 543. The molecular weight excluding hydrogens is 252 g/mol. The van der Waals surface area contributed by atoms with E-state index in [0.29, 0.717) is 17.2 Å². The second-order valence-corrected chi connectivity index (χ2v) is 4.94. The van der Waals surface area contributed by atoms with Crippen LogP contribution in [0.15, 0.2) is 47.4 Å². The second kappa shape index (κ2) is 5.98. The maximum absolute atomic E-state index is 13.0. The second-order valence-electron chi connectivity index (χ2n) is 3.89. The highest BCUT2D eigenvalue weighted by Gasteiger charge is 2.03. The van der Waals surface area contributed by atoms with Gasteiger partial charge in [-0.05, 0) is 29.3 Å². The topological polar surface area (TPSA) is 26.0 Å². The van der Waals surface area contributed by atoms with Crippen molar-refractivity contribution in [3.63, 3.8) is 0 Å². The van der Waals surface area contributed by atoms with E-state index in [9.17, 15) is 8.78 Å². The van der Waals surface area contributed by atoms with E-state index in [1.54, 1.807) is 6.07 Å². The van der Waals surface area contributed by atoms with Crippen molar-refractivity contribution in [1.82, 2.24) is 0 Å². The summed E-state index contributed by atoms with van der Waals surface area (Å²) in [7, 11) is 0. The van der Waals surface area contributed by atoms with Gasteiger partial charge < -0.3 is 5.73 Å². The largest absolute Gasteiger partial charge is 0.326 e. The molecular formula is C14H13F2NS. The van der Waals surface area contributed by atoms with Crippen molar-refractivity contribution in [2.24, 2.45) is 5.73 Å². The fourth-order valence-electron chi connectivity index (χ4n) is 1.58. The molecule has 2 aromatic rings. The number of hydrogen-bond donors (Lipinski definition) is 1. The van der Waals surface area contributed by atoms with Crippen LogP contribution >= 0.6 is 11.8 Å². The van der Waals surface area contributed by atoms with Crippen LogP contribution in [0.25, 0.3) is 0 Å². The first kappa shape index (κ1) is 13.1. The summed E-state index contributed by atoms with van der Waals surface area (Å²) in [6.45, 7) is 0.504. The lowest BCUT2D eigenvalue weighted by molar-refractivity contribution is 0.506. The Morgan fingerprint density at radius 3 is 2.44 bits per heavy atom. The molecule has 2 rings (SSSR count). The average Bonchev–Trinajstić information content (AvgIpc) is 2.40. The molecule has 0 atom stereocenters. The molecule has 0 aliphatic carbocycles. The number of benzene rings is 2. The third kappa shape index (κ3) is 3.31. The van der Waals surface area contributed by atoms with Gasteiger partial charge in [-0.1, -0.05) is 24.3 Å². The van der Waals surface area contributed by atoms with Gasteiger partial charge in [0.1, 0.15) is 0 Å². The monoisotopic (exact) mass is 265 g/mol. The van der Waals surface area contributed by atoms with Gasteiger partial charge in [0.15, 0.2) is 11.6 Å². The zero-order valence-corrected chi connectivity index (χ0v) is 10.5.